The number of thiophene rings is 1. The molecule has 1 aliphatic heterocycles. The first-order valence-corrected chi connectivity index (χ1v) is 12.6. The van der Waals surface area contributed by atoms with Crippen LogP contribution in [-0.2, 0) is 9.53 Å². The van der Waals surface area contributed by atoms with Crippen LogP contribution in [0.2, 0.25) is 0 Å². The third kappa shape index (κ3) is 5.53. The summed E-state index contributed by atoms with van der Waals surface area (Å²) in [5.74, 6) is -0.662. The van der Waals surface area contributed by atoms with Crippen molar-refractivity contribution in [2.45, 2.75) is 18.9 Å². The summed E-state index contributed by atoms with van der Waals surface area (Å²) in [5, 5.41) is 4.69. The van der Waals surface area contributed by atoms with Gasteiger partial charge in [0.25, 0.3) is 5.91 Å². The summed E-state index contributed by atoms with van der Waals surface area (Å²) in [7, 11) is 0. The number of rotatable bonds is 8. The number of aromatic nitrogens is 2. The molecule has 1 atom stereocenters. The fourth-order valence-corrected chi connectivity index (χ4v) is 4.85. The van der Waals surface area contributed by atoms with Crippen LogP contribution in [0.5, 0.6) is 0 Å². The normalized spacial score (nSPS) is 15.1. The van der Waals surface area contributed by atoms with Crippen molar-refractivity contribution in [3.05, 3.63) is 89.0 Å². The molecule has 3 heterocycles. The van der Waals surface area contributed by atoms with Crippen molar-refractivity contribution in [3.8, 4) is 16.9 Å². The lowest BCUT2D eigenvalue weighted by Crippen LogP contribution is -2.42. The summed E-state index contributed by atoms with van der Waals surface area (Å²) < 4.78 is 21.0. The van der Waals surface area contributed by atoms with E-state index in [9.17, 15) is 14.0 Å². The highest BCUT2D eigenvalue weighted by atomic mass is 32.1. The minimum absolute atomic E-state index is 0.0902. The summed E-state index contributed by atoms with van der Waals surface area (Å²) >= 11 is 1.34. The van der Waals surface area contributed by atoms with Crippen LogP contribution in [0, 0.1) is 5.82 Å². The zero-order valence-electron chi connectivity index (χ0n) is 19.5. The van der Waals surface area contributed by atoms with Gasteiger partial charge in [-0.05, 0) is 48.6 Å². The van der Waals surface area contributed by atoms with Gasteiger partial charge in [-0.15, -0.1) is 11.3 Å². The van der Waals surface area contributed by atoms with Crippen LogP contribution >= 0.6 is 11.3 Å². The van der Waals surface area contributed by atoms with Gasteiger partial charge in [0.15, 0.2) is 0 Å². The maximum Gasteiger partial charge on any atom is 0.264 e. The second kappa shape index (κ2) is 10.8. The Balaban J connectivity index is 1.40. The molecular formula is C27H25FN4O3S. The number of ether oxygens (including phenoxy) is 1. The van der Waals surface area contributed by atoms with Gasteiger partial charge < -0.3 is 9.64 Å². The number of halogens is 1. The van der Waals surface area contributed by atoms with E-state index in [1.54, 1.807) is 29.0 Å². The molecule has 1 aliphatic rings. The first-order chi connectivity index (χ1) is 17.6. The molecule has 1 fully saturated rings. The van der Waals surface area contributed by atoms with Crippen LogP contribution in [-0.4, -0.2) is 52.1 Å². The predicted octanol–water partition coefficient (Wildman–Crippen LogP) is 5.00. The highest BCUT2D eigenvalue weighted by molar-refractivity contribution is 7.12. The van der Waals surface area contributed by atoms with Crippen molar-refractivity contribution in [2.24, 2.45) is 0 Å². The lowest BCUT2D eigenvalue weighted by molar-refractivity contribution is -0.117. The van der Waals surface area contributed by atoms with Crippen LogP contribution in [0.3, 0.4) is 0 Å². The van der Waals surface area contributed by atoms with Gasteiger partial charge in [-0.3, -0.25) is 19.5 Å². The average molecular weight is 505 g/mol. The number of benzene rings is 2. The Morgan fingerprint density at radius 2 is 1.92 bits per heavy atom. The molecule has 184 valence electrons. The molecule has 5 rings (SSSR count). The van der Waals surface area contributed by atoms with E-state index in [2.05, 4.69) is 10.3 Å². The van der Waals surface area contributed by atoms with Gasteiger partial charge in [0.05, 0.1) is 16.7 Å². The first-order valence-electron chi connectivity index (χ1n) is 11.7. The van der Waals surface area contributed by atoms with Crippen LogP contribution in [0.1, 0.15) is 22.5 Å². The Bertz CT molecular complexity index is 1320. The molecule has 4 aromatic rings. The van der Waals surface area contributed by atoms with Crippen molar-refractivity contribution in [1.82, 2.24) is 14.5 Å². The number of nitrogens with zero attached hydrogens (tertiary/aromatic N) is 3. The number of imidazole rings is 1. The Morgan fingerprint density at radius 1 is 1.11 bits per heavy atom. The summed E-state index contributed by atoms with van der Waals surface area (Å²) in [6, 6.07) is 19.1. The van der Waals surface area contributed by atoms with E-state index in [1.807, 2.05) is 41.8 Å². The van der Waals surface area contributed by atoms with E-state index < -0.39 is 0 Å². The number of carbonyl (C=O) groups is 2. The quantitative estimate of drug-likeness (QED) is 0.366. The van der Waals surface area contributed by atoms with Crippen molar-refractivity contribution in [2.75, 3.05) is 25.0 Å². The van der Waals surface area contributed by atoms with E-state index in [1.165, 1.54) is 28.4 Å². The summed E-state index contributed by atoms with van der Waals surface area (Å²) in [4.78, 5) is 33.1. The topological polar surface area (TPSA) is 76.5 Å². The molecule has 2 aromatic heterocycles. The van der Waals surface area contributed by atoms with Crippen LogP contribution in [0.4, 0.5) is 10.3 Å². The van der Waals surface area contributed by atoms with Crippen molar-refractivity contribution in [1.29, 1.82) is 0 Å². The van der Waals surface area contributed by atoms with E-state index in [-0.39, 0.29) is 36.2 Å². The molecule has 0 unspecified atom stereocenters. The Morgan fingerprint density at radius 3 is 2.61 bits per heavy atom. The number of amides is 2. The lowest BCUT2D eigenvalue weighted by atomic mass is 10.2. The number of carbonyl (C=O) groups excluding carboxylic acids is 2. The van der Waals surface area contributed by atoms with Gasteiger partial charge >= 0.3 is 0 Å². The fraction of sp³-hybridized carbons (Fsp3) is 0.222. The maximum absolute atomic E-state index is 13.5. The number of anilines is 1. The van der Waals surface area contributed by atoms with Gasteiger partial charge in [0, 0.05) is 30.6 Å². The second-order valence-electron chi connectivity index (χ2n) is 8.51. The van der Waals surface area contributed by atoms with Crippen LogP contribution in [0.15, 0.2) is 78.3 Å². The van der Waals surface area contributed by atoms with Crippen LogP contribution < -0.4 is 5.32 Å². The number of hydrogen-bond acceptors (Lipinski definition) is 5. The molecule has 2 amide bonds. The van der Waals surface area contributed by atoms with Gasteiger partial charge in [-0.25, -0.2) is 9.37 Å². The molecule has 2 aromatic carbocycles. The maximum atomic E-state index is 13.5. The SMILES string of the molecule is O=C(CN(C[C@H]1CCCO1)C(=O)c1cccs1)Nc1nc(-c2ccccc2)cn1-c1ccc(F)cc1. The molecule has 36 heavy (non-hydrogen) atoms. The highest BCUT2D eigenvalue weighted by Gasteiger charge is 2.26. The number of nitrogens with one attached hydrogen (secondary N) is 1. The molecule has 0 saturated carbocycles. The molecule has 1 saturated heterocycles. The molecule has 7 nitrogen and oxygen atoms in total. The third-order valence-corrected chi connectivity index (χ3v) is 6.79. The minimum atomic E-state index is -0.383. The average Bonchev–Trinajstić information content (AvgIpc) is 3.67. The Hall–Kier alpha value is -3.82. The Kier molecular flexibility index (Phi) is 7.20. The van der Waals surface area contributed by atoms with Gasteiger partial charge in [-0.2, -0.15) is 0 Å². The predicted molar refractivity (Wildman–Crippen MR) is 137 cm³/mol. The standard InChI is InChI=1S/C27H25FN4O3S/c28-20-10-12-21(13-11-20)32-17-23(19-6-2-1-3-7-19)29-27(32)30-25(33)18-31(16-22-8-4-14-35-22)26(34)24-9-5-15-36-24/h1-3,5-7,9-13,15,17,22H,4,8,14,16,18H2,(H,29,30,33)/t22-/m1/s1. The zero-order valence-corrected chi connectivity index (χ0v) is 20.3. The van der Waals surface area contributed by atoms with Gasteiger partial charge in [-0.1, -0.05) is 36.4 Å². The highest BCUT2D eigenvalue weighted by Crippen LogP contribution is 2.25. The Labute approximate surface area is 212 Å². The largest absolute Gasteiger partial charge is 0.376 e. The zero-order chi connectivity index (χ0) is 24.9. The molecule has 9 heteroatoms. The molecule has 0 radical (unpaired) electrons. The second-order valence-corrected chi connectivity index (χ2v) is 9.46. The smallest absolute Gasteiger partial charge is 0.264 e. The first kappa shape index (κ1) is 23.9. The minimum Gasteiger partial charge on any atom is -0.376 e. The van der Waals surface area contributed by atoms with Gasteiger partial charge in [0.2, 0.25) is 11.9 Å². The summed E-state index contributed by atoms with van der Waals surface area (Å²) in [5.41, 5.74) is 2.18. The number of hydrogen-bond donors (Lipinski definition) is 1. The van der Waals surface area contributed by atoms with Crippen molar-refractivity contribution in [3.63, 3.8) is 0 Å². The third-order valence-electron chi connectivity index (χ3n) is 5.93. The molecule has 0 bridgehead atoms. The van der Waals surface area contributed by atoms with E-state index in [4.69, 9.17) is 4.74 Å². The lowest BCUT2D eigenvalue weighted by Gasteiger charge is -2.24. The van der Waals surface area contributed by atoms with E-state index in [0.717, 1.165) is 18.4 Å². The van der Waals surface area contributed by atoms with E-state index in [0.29, 0.717) is 29.4 Å². The molecule has 1 N–H and O–H groups in total. The van der Waals surface area contributed by atoms with Crippen LogP contribution in [0.25, 0.3) is 16.9 Å². The monoisotopic (exact) mass is 504 g/mol. The summed E-state index contributed by atoms with van der Waals surface area (Å²) in [6.07, 6.45) is 3.49. The fourth-order valence-electron chi connectivity index (χ4n) is 4.16. The summed E-state index contributed by atoms with van der Waals surface area (Å²) in [6.45, 7) is 0.856. The van der Waals surface area contributed by atoms with Crippen molar-refractivity contribution < 1.29 is 18.7 Å². The van der Waals surface area contributed by atoms with Gasteiger partial charge in [0.1, 0.15) is 12.4 Å². The molecule has 0 spiro atoms. The molecule has 0 aliphatic carbocycles. The molecular weight excluding hydrogens is 479 g/mol. The van der Waals surface area contributed by atoms with E-state index >= 15 is 0 Å². The van der Waals surface area contributed by atoms with Crippen molar-refractivity contribution >= 4 is 29.1 Å².